The number of aromatic nitrogens is 2. The Morgan fingerprint density at radius 1 is 1.06 bits per heavy atom. The van der Waals surface area contributed by atoms with Gasteiger partial charge in [0.25, 0.3) is 0 Å². The molecular weight excluding hydrogens is 456 g/mol. The summed E-state index contributed by atoms with van der Waals surface area (Å²) in [6.45, 7) is 4.11. The van der Waals surface area contributed by atoms with Crippen LogP contribution in [0.1, 0.15) is 29.5 Å². The lowest BCUT2D eigenvalue weighted by molar-refractivity contribution is -0.148. The number of ether oxygens (including phenoxy) is 1. The lowest BCUT2D eigenvalue weighted by atomic mass is 10.0. The maximum absolute atomic E-state index is 12.8. The van der Waals surface area contributed by atoms with E-state index in [1.807, 2.05) is 54.3 Å². The van der Waals surface area contributed by atoms with Crippen molar-refractivity contribution in [3.05, 3.63) is 70.6 Å². The first-order valence-electron chi connectivity index (χ1n) is 11.2. The Morgan fingerprint density at radius 3 is 2.44 bits per heavy atom. The molecule has 1 atom stereocenters. The van der Waals surface area contributed by atoms with E-state index in [9.17, 15) is 9.59 Å². The van der Waals surface area contributed by atoms with Crippen LogP contribution in [0.25, 0.3) is 11.5 Å². The van der Waals surface area contributed by atoms with Crippen LogP contribution in [0.5, 0.6) is 0 Å². The van der Waals surface area contributed by atoms with Crippen LogP contribution >= 0.6 is 11.6 Å². The summed E-state index contributed by atoms with van der Waals surface area (Å²) in [7, 11) is 1.37. The Balaban J connectivity index is 1.32. The number of hydrogen-bond donors (Lipinski definition) is 0. The van der Waals surface area contributed by atoms with Gasteiger partial charge in [-0.15, -0.1) is 10.2 Å². The number of esters is 1. The second-order valence-electron chi connectivity index (χ2n) is 8.23. The molecule has 0 saturated carbocycles. The van der Waals surface area contributed by atoms with Gasteiger partial charge in [0.15, 0.2) is 0 Å². The van der Waals surface area contributed by atoms with Gasteiger partial charge in [0.05, 0.1) is 7.11 Å². The fourth-order valence-electron chi connectivity index (χ4n) is 4.05. The first-order valence-corrected chi connectivity index (χ1v) is 11.6. The second-order valence-corrected chi connectivity index (χ2v) is 8.64. The Morgan fingerprint density at radius 2 is 1.76 bits per heavy atom. The zero-order valence-electron chi connectivity index (χ0n) is 19.2. The SMILES string of the molecule is COC(=O)[C@H](c1ccccc1Cl)N1CCN(C(=O)CCc2nnc(-c3ccc(C)cc3)o2)CC1. The maximum Gasteiger partial charge on any atom is 0.327 e. The molecule has 34 heavy (non-hydrogen) atoms. The van der Waals surface area contributed by atoms with Crippen molar-refractivity contribution in [2.75, 3.05) is 33.3 Å². The number of amides is 1. The Kier molecular flexibility index (Phi) is 7.59. The number of nitrogens with zero attached hydrogens (tertiary/aromatic N) is 4. The largest absolute Gasteiger partial charge is 0.468 e. The summed E-state index contributed by atoms with van der Waals surface area (Å²) < 4.78 is 10.8. The van der Waals surface area contributed by atoms with E-state index >= 15 is 0 Å². The fraction of sp³-hybridized carbons (Fsp3) is 0.360. The van der Waals surface area contributed by atoms with Crippen LogP contribution in [0.15, 0.2) is 52.9 Å². The van der Waals surface area contributed by atoms with E-state index in [0.29, 0.717) is 55.0 Å². The van der Waals surface area contributed by atoms with Crippen molar-refractivity contribution in [1.82, 2.24) is 20.0 Å². The van der Waals surface area contributed by atoms with Crippen LogP contribution in [0, 0.1) is 6.92 Å². The van der Waals surface area contributed by atoms with Crippen LogP contribution < -0.4 is 0 Å². The molecule has 1 saturated heterocycles. The van der Waals surface area contributed by atoms with E-state index in [0.717, 1.165) is 11.1 Å². The third kappa shape index (κ3) is 5.46. The fourth-order valence-corrected chi connectivity index (χ4v) is 4.29. The average Bonchev–Trinajstić information content (AvgIpc) is 3.33. The molecule has 1 aromatic heterocycles. The van der Waals surface area contributed by atoms with Crippen molar-refractivity contribution in [3.8, 4) is 11.5 Å². The summed E-state index contributed by atoms with van der Waals surface area (Å²) in [6, 6.07) is 14.5. The molecule has 8 nitrogen and oxygen atoms in total. The Labute approximate surface area is 203 Å². The van der Waals surface area contributed by atoms with E-state index in [1.54, 1.807) is 11.0 Å². The molecule has 0 unspecified atom stereocenters. The number of carbonyl (C=O) groups is 2. The normalized spacial score (nSPS) is 15.2. The standard InChI is InChI=1S/C25H27ClN4O4/c1-17-7-9-18(10-8-17)24-28-27-21(34-24)11-12-22(31)29-13-15-30(16-14-29)23(25(32)33-2)19-5-3-4-6-20(19)26/h3-10,23H,11-16H2,1-2H3/t23-/m0/s1. The Bertz CT molecular complexity index is 1140. The van der Waals surface area contributed by atoms with E-state index in [2.05, 4.69) is 10.2 Å². The predicted octanol–water partition coefficient (Wildman–Crippen LogP) is 3.69. The summed E-state index contributed by atoms with van der Waals surface area (Å²) in [5.41, 5.74) is 2.71. The summed E-state index contributed by atoms with van der Waals surface area (Å²) >= 11 is 6.35. The van der Waals surface area contributed by atoms with E-state index in [1.165, 1.54) is 7.11 Å². The molecule has 178 valence electrons. The van der Waals surface area contributed by atoms with Gasteiger partial charge in [0.2, 0.25) is 17.7 Å². The molecule has 9 heteroatoms. The monoisotopic (exact) mass is 482 g/mol. The summed E-state index contributed by atoms with van der Waals surface area (Å²) in [5.74, 6) is 0.535. The van der Waals surface area contributed by atoms with Crippen molar-refractivity contribution in [3.63, 3.8) is 0 Å². The van der Waals surface area contributed by atoms with Gasteiger partial charge < -0.3 is 14.1 Å². The quantitative estimate of drug-likeness (QED) is 0.474. The Hall–Kier alpha value is -3.23. The number of piperazine rings is 1. The van der Waals surface area contributed by atoms with Gasteiger partial charge in [-0.2, -0.15) is 0 Å². The molecule has 3 aromatic rings. The van der Waals surface area contributed by atoms with Crippen molar-refractivity contribution in [2.45, 2.75) is 25.8 Å². The van der Waals surface area contributed by atoms with Gasteiger partial charge in [-0.05, 0) is 30.7 Å². The molecule has 0 radical (unpaired) electrons. The lowest BCUT2D eigenvalue weighted by Crippen LogP contribution is -2.51. The highest BCUT2D eigenvalue weighted by Crippen LogP contribution is 2.29. The minimum absolute atomic E-state index is 0.0158. The van der Waals surface area contributed by atoms with Crippen molar-refractivity contribution >= 4 is 23.5 Å². The third-order valence-corrected chi connectivity index (χ3v) is 6.32. The molecule has 2 heterocycles. The zero-order valence-corrected chi connectivity index (χ0v) is 20.0. The first kappa shape index (κ1) is 23.9. The van der Waals surface area contributed by atoms with E-state index in [4.69, 9.17) is 20.8 Å². The van der Waals surface area contributed by atoms with Gasteiger partial charge in [-0.3, -0.25) is 9.69 Å². The van der Waals surface area contributed by atoms with Crippen LogP contribution in [0.4, 0.5) is 0 Å². The summed E-state index contributed by atoms with van der Waals surface area (Å²) in [4.78, 5) is 29.1. The highest BCUT2D eigenvalue weighted by atomic mass is 35.5. The van der Waals surface area contributed by atoms with Crippen molar-refractivity contribution < 1.29 is 18.7 Å². The third-order valence-electron chi connectivity index (χ3n) is 5.97. The number of halogens is 1. The summed E-state index contributed by atoms with van der Waals surface area (Å²) in [5, 5.41) is 8.69. The highest BCUT2D eigenvalue weighted by molar-refractivity contribution is 6.31. The minimum Gasteiger partial charge on any atom is -0.468 e. The van der Waals surface area contributed by atoms with Crippen LogP contribution in [-0.2, 0) is 20.7 Å². The molecular formula is C25H27ClN4O4. The van der Waals surface area contributed by atoms with Crippen molar-refractivity contribution in [1.29, 1.82) is 0 Å². The topological polar surface area (TPSA) is 88.8 Å². The smallest absolute Gasteiger partial charge is 0.327 e. The van der Waals surface area contributed by atoms with Gasteiger partial charge in [-0.1, -0.05) is 47.5 Å². The lowest BCUT2D eigenvalue weighted by Gasteiger charge is -2.38. The van der Waals surface area contributed by atoms with Crippen LogP contribution in [0.3, 0.4) is 0 Å². The predicted molar refractivity (Wildman–Crippen MR) is 127 cm³/mol. The number of methoxy groups -OCH3 is 1. The van der Waals surface area contributed by atoms with Gasteiger partial charge in [0, 0.05) is 49.6 Å². The van der Waals surface area contributed by atoms with Gasteiger partial charge in [-0.25, -0.2) is 4.79 Å². The average molecular weight is 483 g/mol. The number of hydrogen-bond acceptors (Lipinski definition) is 7. The van der Waals surface area contributed by atoms with Gasteiger partial charge >= 0.3 is 5.97 Å². The molecule has 2 aromatic carbocycles. The molecule has 0 aliphatic carbocycles. The molecule has 1 fully saturated rings. The van der Waals surface area contributed by atoms with E-state index < -0.39 is 6.04 Å². The second kappa shape index (κ2) is 10.8. The van der Waals surface area contributed by atoms with Crippen molar-refractivity contribution in [2.24, 2.45) is 0 Å². The molecule has 0 bridgehead atoms. The number of benzene rings is 2. The highest BCUT2D eigenvalue weighted by Gasteiger charge is 2.33. The molecule has 4 rings (SSSR count). The van der Waals surface area contributed by atoms with Crippen LogP contribution in [-0.4, -0.2) is 65.2 Å². The zero-order chi connectivity index (χ0) is 24.1. The van der Waals surface area contributed by atoms with E-state index in [-0.39, 0.29) is 18.3 Å². The van der Waals surface area contributed by atoms with Gasteiger partial charge in [0.1, 0.15) is 6.04 Å². The maximum atomic E-state index is 12.8. The minimum atomic E-state index is -0.602. The summed E-state index contributed by atoms with van der Waals surface area (Å²) in [6.07, 6.45) is 0.656. The van der Waals surface area contributed by atoms with Crippen LogP contribution in [0.2, 0.25) is 5.02 Å². The molecule has 0 spiro atoms. The first-order chi connectivity index (χ1) is 16.5. The molecule has 0 N–H and O–H groups in total. The number of aryl methyl sites for hydroxylation is 2. The molecule has 1 aliphatic rings. The molecule has 1 aliphatic heterocycles. The molecule has 1 amide bonds. The number of carbonyl (C=O) groups excluding carboxylic acids is 2. The number of rotatable bonds is 7.